The molecule has 0 aliphatic rings. The maximum absolute atomic E-state index is 12.6. The van der Waals surface area contributed by atoms with E-state index in [2.05, 4.69) is 4.72 Å². The Morgan fingerprint density at radius 3 is 2.42 bits per heavy atom. The summed E-state index contributed by atoms with van der Waals surface area (Å²) in [5.41, 5.74) is -0.276. The Bertz CT molecular complexity index is 937. The minimum Gasteiger partial charge on any atom is -0.478 e. The van der Waals surface area contributed by atoms with E-state index in [4.69, 9.17) is 5.11 Å². The van der Waals surface area contributed by atoms with E-state index in [1.165, 1.54) is 50.2 Å². The van der Waals surface area contributed by atoms with Crippen LogP contribution in [0.1, 0.15) is 21.5 Å². The van der Waals surface area contributed by atoms with Crippen molar-refractivity contribution in [1.82, 2.24) is 0 Å². The molecule has 2 rings (SSSR count). The van der Waals surface area contributed by atoms with Crippen molar-refractivity contribution in [2.45, 2.75) is 18.7 Å². The van der Waals surface area contributed by atoms with Crippen molar-refractivity contribution in [3.8, 4) is 0 Å². The number of nitro groups is 1. The summed E-state index contributed by atoms with van der Waals surface area (Å²) >= 11 is 0. The molecule has 0 heterocycles. The van der Waals surface area contributed by atoms with E-state index in [9.17, 15) is 23.3 Å². The van der Waals surface area contributed by atoms with Crippen LogP contribution < -0.4 is 4.72 Å². The highest BCUT2D eigenvalue weighted by molar-refractivity contribution is 7.92. The van der Waals surface area contributed by atoms with Crippen molar-refractivity contribution in [1.29, 1.82) is 0 Å². The molecule has 0 saturated carbocycles. The van der Waals surface area contributed by atoms with Gasteiger partial charge in [0.1, 0.15) is 0 Å². The van der Waals surface area contributed by atoms with E-state index in [-0.39, 0.29) is 27.4 Å². The zero-order valence-electron chi connectivity index (χ0n) is 12.8. The SMILES string of the molecule is Cc1cc([N+](=O)[O-])c(C)c(S(=O)(=O)Nc2ccccc2C(=O)O)c1. The lowest BCUT2D eigenvalue weighted by molar-refractivity contribution is -0.385. The van der Waals surface area contributed by atoms with E-state index in [0.717, 1.165) is 0 Å². The molecular formula is C15H14N2O6S. The monoisotopic (exact) mass is 350 g/mol. The maximum Gasteiger partial charge on any atom is 0.337 e. The number of nitrogens with one attached hydrogen (secondary N) is 1. The van der Waals surface area contributed by atoms with Crippen LogP contribution in [0.4, 0.5) is 11.4 Å². The highest BCUT2D eigenvalue weighted by Crippen LogP contribution is 2.29. The first-order valence-electron chi connectivity index (χ1n) is 6.74. The average Bonchev–Trinajstić information content (AvgIpc) is 2.48. The standard InChI is InChI=1S/C15H14N2O6S/c1-9-7-13(17(20)21)10(2)14(8-9)24(22,23)16-12-6-4-3-5-11(12)15(18)19/h3-8,16H,1-2H3,(H,18,19). The first-order chi connectivity index (χ1) is 11.1. The number of carboxylic acid groups (broad SMARTS) is 1. The van der Waals surface area contributed by atoms with Crippen LogP contribution in [0.15, 0.2) is 41.3 Å². The summed E-state index contributed by atoms with van der Waals surface area (Å²) in [5, 5.41) is 20.2. The minimum atomic E-state index is -4.20. The molecule has 0 amide bonds. The lowest BCUT2D eigenvalue weighted by atomic mass is 10.1. The fourth-order valence-corrected chi connectivity index (χ4v) is 3.66. The molecular weight excluding hydrogens is 336 g/mol. The van der Waals surface area contributed by atoms with Gasteiger partial charge in [-0.25, -0.2) is 13.2 Å². The molecule has 0 fully saturated rings. The van der Waals surface area contributed by atoms with Crippen LogP contribution in [-0.4, -0.2) is 24.4 Å². The van der Waals surface area contributed by atoms with Crippen molar-refractivity contribution in [2.24, 2.45) is 0 Å². The molecule has 0 spiro atoms. The van der Waals surface area contributed by atoms with Crippen molar-refractivity contribution >= 4 is 27.4 Å². The quantitative estimate of drug-likeness (QED) is 0.630. The Morgan fingerprint density at radius 2 is 1.83 bits per heavy atom. The van der Waals surface area contributed by atoms with Gasteiger partial charge in [-0.3, -0.25) is 14.8 Å². The molecule has 126 valence electrons. The Morgan fingerprint density at radius 1 is 1.21 bits per heavy atom. The number of nitrogens with zero attached hydrogens (tertiary/aromatic N) is 1. The number of nitro benzene ring substituents is 1. The molecule has 0 saturated heterocycles. The van der Waals surface area contributed by atoms with Crippen LogP contribution in [0.3, 0.4) is 0 Å². The van der Waals surface area contributed by atoms with Crippen molar-refractivity contribution in [2.75, 3.05) is 4.72 Å². The molecule has 2 aromatic rings. The maximum atomic E-state index is 12.6. The second-order valence-electron chi connectivity index (χ2n) is 5.12. The average molecular weight is 350 g/mol. The van der Waals surface area contributed by atoms with Gasteiger partial charge in [0.2, 0.25) is 0 Å². The summed E-state index contributed by atoms with van der Waals surface area (Å²) in [6.45, 7) is 2.87. The zero-order valence-corrected chi connectivity index (χ0v) is 13.6. The van der Waals surface area contributed by atoms with Gasteiger partial charge in [0.05, 0.1) is 21.1 Å². The van der Waals surface area contributed by atoms with Gasteiger partial charge in [-0.05, 0) is 37.6 Å². The molecule has 0 unspecified atom stereocenters. The molecule has 0 atom stereocenters. The molecule has 0 aliphatic heterocycles. The molecule has 2 N–H and O–H groups in total. The number of carbonyl (C=O) groups is 1. The molecule has 0 aliphatic carbocycles. The molecule has 0 aromatic heterocycles. The summed E-state index contributed by atoms with van der Waals surface area (Å²) in [4.78, 5) is 21.3. The Balaban J connectivity index is 2.57. The van der Waals surface area contributed by atoms with Gasteiger partial charge in [-0.2, -0.15) is 0 Å². The number of anilines is 1. The van der Waals surface area contributed by atoms with E-state index >= 15 is 0 Å². The summed E-state index contributed by atoms with van der Waals surface area (Å²) in [6.07, 6.45) is 0. The first-order valence-corrected chi connectivity index (χ1v) is 8.22. The highest BCUT2D eigenvalue weighted by atomic mass is 32.2. The minimum absolute atomic E-state index is 0.0223. The Hall–Kier alpha value is -2.94. The smallest absolute Gasteiger partial charge is 0.337 e. The van der Waals surface area contributed by atoms with Crippen LogP contribution in [0, 0.1) is 24.0 Å². The van der Waals surface area contributed by atoms with Crippen molar-refractivity contribution in [3.63, 3.8) is 0 Å². The third kappa shape index (κ3) is 3.35. The predicted octanol–water partition coefficient (Wildman–Crippen LogP) is 2.71. The fourth-order valence-electron chi connectivity index (χ4n) is 2.23. The summed E-state index contributed by atoms with van der Waals surface area (Å²) < 4.78 is 27.4. The number of hydrogen-bond acceptors (Lipinski definition) is 5. The van der Waals surface area contributed by atoms with E-state index in [1.807, 2.05) is 0 Å². The lowest BCUT2D eigenvalue weighted by Crippen LogP contribution is -2.17. The molecule has 8 nitrogen and oxygen atoms in total. The number of carboxylic acids is 1. The van der Waals surface area contributed by atoms with Gasteiger partial charge >= 0.3 is 5.97 Å². The predicted molar refractivity (Wildman–Crippen MR) is 86.8 cm³/mol. The molecule has 0 bridgehead atoms. The number of aryl methyl sites for hydroxylation is 1. The normalized spacial score (nSPS) is 11.1. The second kappa shape index (κ2) is 6.28. The number of sulfonamides is 1. The number of para-hydroxylation sites is 1. The van der Waals surface area contributed by atoms with E-state index in [0.29, 0.717) is 5.56 Å². The number of benzene rings is 2. The Kier molecular flexibility index (Phi) is 4.56. The van der Waals surface area contributed by atoms with Crippen molar-refractivity contribution in [3.05, 3.63) is 63.2 Å². The van der Waals surface area contributed by atoms with Gasteiger partial charge in [0.25, 0.3) is 15.7 Å². The van der Waals surface area contributed by atoms with Gasteiger partial charge in [-0.1, -0.05) is 12.1 Å². The summed E-state index contributed by atoms with van der Waals surface area (Å²) in [6, 6.07) is 8.08. The number of hydrogen-bond donors (Lipinski definition) is 2. The van der Waals surface area contributed by atoms with Crippen LogP contribution in [-0.2, 0) is 10.0 Å². The fraction of sp³-hybridized carbons (Fsp3) is 0.133. The summed E-state index contributed by atoms with van der Waals surface area (Å²) in [7, 11) is -4.20. The first kappa shape index (κ1) is 17.4. The van der Waals surface area contributed by atoms with Gasteiger partial charge in [0.15, 0.2) is 0 Å². The molecule has 24 heavy (non-hydrogen) atoms. The van der Waals surface area contributed by atoms with Gasteiger partial charge in [0, 0.05) is 11.6 Å². The second-order valence-corrected chi connectivity index (χ2v) is 6.77. The highest BCUT2D eigenvalue weighted by Gasteiger charge is 2.25. The Labute approximate surface area is 138 Å². The number of rotatable bonds is 5. The van der Waals surface area contributed by atoms with E-state index < -0.39 is 20.9 Å². The third-order valence-electron chi connectivity index (χ3n) is 3.36. The number of aromatic carboxylic acids is 1. The van der Waals surface area contributed by atoms with Crippen LogP contribution in [0.25, 0.3) is 0 Å². The topological polar surface area (TPSA) is 127 Å². The molecule has 2 aromatic carbocycles. The third-order valence-corrected chi connectivity index (χ3v) is 4.86. The van der Waals surface area contributed by atoms with Crippen molar-refractivity contribution < 1.29 is 23.2 Å². The van der Waals surface area contributed by atoms with E-state index in [1.54, 1.807) is 0 Å². The van der Waals surface area contributed by atoms with Crippen LogP contribution in [0.2, 0.25) is 0 Å². The van der Waals surface area contributed by atoms with Crippen LogP contribution in [0.5, 0.6) is 0 Å². The largest absolute Gasteiger partial charge is 0.478 e. The van der Waals surface area contributed by atoms with Gasteiger partial charge in [-0.15, -0.1) is 0 Å². The lowest BCUT2D eigenvalue weighted by Gasteiger charge is -2.13. The molecule has 0 radical (unpaired) electrons. The molecule has 9 heteroatoms. The summed E-state index contributed by atoms with van der Waals surface area (Å²) in [5.74, 6) is -1.29. The van der Waals surface area contributed by atoms with Crippen LogP contribution >= 0.6 is 0 Å². The van der Waals surface area contributed by atoms with Gasteiger partial charge < -0.3 is 5.11 Å². The zero-order chi connectivity index (χ0) is 18.1.